The average molecular weight is 374 g/mol. The van der Waals surface area contributed by atoms with Gasteiger partial charge in [-0.2, -0.15) is 0 Å². The maximum atomic E-state index is 12.9. The van der Waals surface area contributed by atoms with Crippen LogP contribution in [0.5, 0.6) is 0 Å². The minimum Gasteiger partial charge on any atom is -0.372 e. The Balaban J connectivity index is 1.54. The van der Waals surface area contributed by atoms with Crippen molar-refractivity contribution in [2.45, 2.75) is 71.1 Å². The van der Waals surface area contributed by atoms with Gasteiger partial charge in [-0.25, -0.2) is 4.98 Å². The lowest BCUT2D eigenvalue weighted by Gasteiger charge is -2.36. The van der Waals surface area contributed by atoms with E-state index in [1.165, 1.54) is 6.42 Å². The van der Waals surface area contributed by atoms with Gasteiger partial charge >= 0.3 is 0 Å². The Morgan fingerprint density at radius 2 is 1.85 bits per heavy atom. The predicted molar refractivity (Wildman–Crippen MR) is 103 cm³/mol. The van der Waals surface area contributed by atoms with Crippen molar-refractivity contribution in [3.8, 4) is 0 Å². The Kier molecular flexibility index (Phi) is 5.21. The number of hydrogen-bond donors (Lipinski definition) is 1. The third-order valence-corrected chi connectivity index (χ3v) is 6.05. The zero-order valence-corrected chi connectivity index (χ0v) is 16.4. The Hall–Kier alpha value is -1.89. The minimum absolute atomic E-state index is 0.0634. The van der Waals surface area contributed by atoms with Crippen LogP contribution in [-0.2, 0) is 22.5 Å². The van der Waals surface area contributed by atoms with Crippen molar-refractivity contribution in [2.24, 2.45) is 5.92 Å². The third kappa shape index (κ3) is 3.88. The van der Waals surface area contributed by atoms with E-state index in [1.807, 2.05) is 18.7 Å². The predicted octanol–water partition coefficient (Wildman–Crippen LogP) is 1.85. The molecule has 0 unspecified atom stereocenters. The number of aromatic nitrogens is 2. The van der Waals surface area contributed by atoms with Crippen LogP contribution in [0.25, 0.3) is 0 Å². The zero-order valence-electron chi connectivity index (χ0n) is 16.4. The maximum Gasteiger partial charge on any atom is 0.255 e. The molecule has 1 amide bonds. The van der Waals surface area contributed by atoms with Gasteiger partial charge in [0.25, 0.3) is 5.56 Å². The number of fused-ring (bicyclic) bond motifs is 1. The Bertz CT molecular complexity index is 746. The van der Waals surface area contributed by atoms with Gasteiger partial charge in [0.05, 0.1) is 24.4 Å². The van der Waals surface area contributed by atoms with Gasteiger partial charge in [-0.05, 0) is 33.1 Å². The quantitative estimate of drug-likeness (QED) is 0.855. The van der Waals surface area contributed by atoms with E-state index in [0.29, 0.717) is 38.5 Å². The van der Waals surface area contributed by atoms with Crippen molar-refractivity contribution in [3.63, 3.8) is 0 Å². The number of nitrogens with one attached hydrogen (secondary N) is 1. The molecule has 27 heavy (non-hydrogen) atoms. The van der Waals surface area contributed by atoms with Crippen molar-refractivity contribution in [2.75, 3.05) is 24.5 Å². The van der Waals surface area contributed by atoms with Gasteiger partial charge < -0.3 is 14.5 Å². The van der Waals surface area contributed by atoms with Crippen molar-refractivity contribution < 1.29 is 9.53 Å². The first-order valence-corrected chi connectivity index (χ1v) is 10.3. The molecule has 7 heteroatoms. The number of H-pyrrole nitrogens is 1. The van der Waals surface area contributed by atoms with E-state index >= 15 is 0 Å². The van der Waals surface area contributed by atoms with E-state index in [-0.39, 0.29) is 29.6 Å². The molecule has 0 radical (unpaired) electrons. The molecule has 3 aliphatic rings. The number of carbonyl (C=O) groups excluding carboxylic acids is 1. The van der Waals surface area contributed by atoms with Gasteiger partial charge in [0.1, 0.15) is 0 Å². The number of hydrogen-bond acceptors (Lipinski definition) is 5. The van der Waals surface area contributed by atoms with E-state index in [2.05, 4.69) is 9.88 Å². The van der Waals surface area contributed by atoms with Gasteiger partial charge in [0.2, 0.25) is 11.9 Å². The number of ether oxygens (including phenoxy) is 1. The smallest absolute Gasteiger partial charge is 0.255 e. The van der Waals surface area contributed by atoms with E-state index in [9.17, 15) is 9.59 Å². The van der Waals surface area contributed by atoms with Crippen LogP contribution in [0.3, 0.4) is 0 Å². The molecule has 0 bridgehead atoms. The molecule has 1 aromatic rings. The first-order valence-electron chi connectivity index (χ1n) is 10.3. The van der Waals surface area contributed by atoms with Crippen LogP contribution in [0.1, 0.15) is 57.2 Å². The summed E-state index contributed by atoms with van der Waals surface area (Å²) in [6.45, 7) is 6.55. The first kappa shape index (κ1) is 18.5. The lowest BCUT2D eigenvalue weighted by atomic mass is 9.88. The van der Waals surface area contributed by atoms with Crippen LogP contribution in [0.2, 0.25) is 0 Å². The molecule has 0 spiro atoms. The average Bonchev–Trinajstić information content (AvgIpc) is 2.67. The molecule has 1 aromatic heterocycles. The number of anilines is 1. The van der Waals surface area contributed by atoms with Gasteiger partial charge in [0, 0.05) is 31.1 Å². The van der Waals surface area contributed by atoms with Crippen molar-refractivity contribution >= 4 is 11.9 Å². The van der Waals surface area contributed by atoms with Crippen LogP contribution in [0.15, 0.2) is 4.79 Å². The highest BCUT2D eigenvalue weighted by Crippen LogP contribution is 2.27. The highest BCUT2D eigenvalue weighted by molar-refractivity contribution is 5.79. The number of aromatic amines is 1. The SMILES string of the molecule is C[C@@H]1CN(c2nc3c(c(=O)[nH]2)CCN(C(=O)C2CCCCC2)C3)C[C@@H](C)O1. The van der Waals surface area contributed by atoms with Gasteiger partial charge in [0.15, 0.2) is 0 Å². The van der Waals surface area contributed by atoms with E-state index < -0.39 is 0 Å². The lowest BCUT2D eigenvalue weighted by molar-refractivity contribution is -0.137. The van der Waals surface area contributed by atoms with Gasteiger partial charge in [-0.15, -0.1) is 0 Å². The largest absolute Gasteiger partial charge is 0.372 e. The van der Waals surface area contributed by atoms with Crippen LogP contribution in [0, 0.1) is 5.92 Å². The summed E-state index contributed by atoms with van der Waals surface area (Å²) in [7, 11) is 0. The number of rotatable bonds is 2. The highest BCUT2D eigenvalue weighted by Gasteiger charge is 2.31. The Labute approximate surface area is 160 Å². The summed E-state index contributed by atoms with van der Waals surface area (Å²) in [4.78, 5) is 37.2. The topological polar surface area (TPSA) is 78.5 Å². The summed E-state index contributed by atoms with van der Waals surface area (Å²) in [5, 5.41) is 0. The summed E-state index contributed by atoms with van der Waals surface area (Å²) in [6.07, 6.45) is 6.32. The van der Waals surface area contributed by atoms with Gasteiger partial charge in [-0.3, -0.25) is 14.6 Å². The molecule has 2 fully saturated rings. The fourth-order valence-electron chi connectivity index (χ4n) is 4.72. The van der Waals surface area contributed by atoms with Gasteiger partial charge in [-0.1, -0.05) is 19.3 Å². The third-order valence-electron chi connectivity index (χ3n) is 6.05. The van der Waals surface area contributed by atoms with Crippen molar-refractivity contribution in [1.82, 2.24) is 14.9 Å². The molecular weight excluding hydrogens is 344 g/mol. The molecule has 0 aromatic carbocycles. The highest BCUT2D eigenvalue weighted by atomic mass is 16.5. The fraction of sp³-hybridized carbons (Fsp3) is 0.750. The monoisotopic (exact) mass is 374 g/mol. The maximum absolute atomic E-state index is 12.9. The lowest BCUT2D eigenvalue weighted by Crippen LogP contribution is -2.47. The molecule has 2 aliphatic heterocycles. The molecule has 3 heterocycles. The second-order valence-corrected chi connectivity index (χ2v) is 8.32. The molecule has 1 saturated carbocycles. The summed E-state index contributed by atoms with van der Waals surface area (Å²) < 4.78 is 5.78. The minimum atomic E-state index is -0.0634. The Morgan fingerprint density at radius 3 is 2.56 bits per heavy atom. The van der Waals surface area contributed by atoms with Crippen molar-refractivity contribution in [1.29, 1.82) is 0 Å². The van der Waals surface area contributed by atoms with E-state index in [1.54, 1.807) is 0 Å². The number of carbonyl (C=O) groups is 1. The van der Waals surface area contributed by atoms with E-state index in [4.69, 9.17) is 9.72 Å². The normalized spacial score (nSPS) is 26.7. The molecule has 7 nitrogen and oxygen atoms in total. The zero-order chi connectivity index (χ0) is 19.0. The molecule has 148 valence electrons. The molecular formula is C20H30N4O3. The van der Waals surface area contributed by atoms with Crippen LogP contribution in [0.4, 0.5) is 5.95 Å². The van der Waals surface area contributed by atoms with E-state index in [0.717, 1.165) is 36.9 Å². The molecule has 1 aliphatic carbocycles. The summed E-state index contributed by atoms with van der Waals surface area (Å²) in [5.74, 6) is 1.01. The van der Waals surface area contributed by atoms with Crippen LogP contribution >= 0.6 is 0 Å². The fourth-order valence-corrected chi connectivity index (χ4v) is 4.72. The standard InChI is InChI=1S/C20H30N4O3/c1-13-10-24(11-14(2)27-13)20-21-17-12-23(9-8-16(17)18(25)22-20)19(26)15-6-4-3-5-7-15/h13-15H,3-12H2,1-2H3,(H,21,22,25)/t13-,14-/m1/s1. The summed E-state index contributed by atoms with van der Waals surface area (Å²) in [6, 6.07) is 0. The van der Waals surface area contributed by atoms with Crippen molar-refractivity contribution in [3.05, 3.63) is 21.6 Å². The summed E-state index contributed by atoms with van der Waals surface area (Å²) >= 11 is 0. The second kappa shape index (κ2) is 7.62. The molecule has 2 atom stereocenters. The number of morpholine rings is 1. The first-order chi connectivity index (χ1) is 13.0. The number of nitrogens with zero attached hydrogens (tertiary/aromatic N) is 3. The second-order valence-electron chi connectivity index (χ2n) is 8.32. The molecule has 4 rings (SSSR count). The summed E-state index contributed by atoms with van der Waals surface area (Å²) in [5.41, 5.74) is 1.43. The molecule has 1 N–H and O–H groups in total. The Morgan fingerprint density at radius 1 is 1.15 bits per heavy atom. The molecule has 1 saturated heterocycles. The van der Waals surface area contributed by atoms with Crippen LogP contribution in [-0.4, -0.2) is 52.6 Å². The van der Waals surface area contributed by atoms with Crippen LogP contribution < -0.4 is 10.5 Å². The number of amides is 1.